The molecule has 0 radical (unpaired) electrons. The van der Waals surface area contributed by atoms with Gasteiger partial charge in [0, 0.05) is 35.0 Å². The third kappa shape index (κ3) is 4.56. The summed E-state index contributed by atoms with van der Waals surface area (Å²) in [4.78, 5) is 6.90. The molecule has 0 unspecified atom stereocenters. The van der Waals surface area contributed by atoms with Crippen LogP contribution in [0.4, 0.5) is 11.4 Å². The van der Waals surface area contributed by atoms with Gasteiger partial charge < -0.3 is 19.1 Å². The smallest absolute Gasteiger partial charge is 0.162 e. The number of benzene rings is 2. The first-order valence-corrected chi connectivity index (χ1v) is 9.47. The van der Waals surface area contributed by atoms with Crippen molar-refractivity contribution in [3.8, 4) is 11.5 Å². The zero-order chi connectivity index (χ0) is 18.4. The minimum atomic E-state index is 0.589. The van der Waals surface area contributed by atoms with E-state index in [2.05, 4.69) is 38.0 Å². The van der Waals surface area contributed by atoms with Crippen molar-refractivity contribution in [1.82, 2.24) is 0 Å². The van der Waals surface area contributed by atoms with Crippen molar-refractivity contribution in [3.63, 3.8) is 0 Å². The number of hydrogen-bond acceptors (Lipinski definition) is 5. The Kier molecular flexibility index (Phi) is 6.52. The second-order valence-electron chi connectivity index (χ2n) is 5.83. The summed E-state index contributed by atoms with van der Waals surface area (Å²) in [6.45, 7) is 5.97. The Morgan fingerprint density at radius 1 is 1.15 bits per heavy atom. The number of methoxy groups -OCH3 is 1. The van der Waals surface area contributed by atoms with Gasteiger partial charge in [0.1, 0.15) is 0 Å². The number of halogens is 1. The van der Waals surface area contributed by atoms with Crippen molar-refractivity contribution < 1.29 is 14.2 Å². The molecule has 2 aromatic carbocycles. The van der Waals surface area contributed by atoms with Gasteiger partial charge in [-0.05, 0) is 59.3 Å². The van der Waals surface area contributed by atoms with Crippen LogP contribution in [0.15, 0.2) is 45.9 Å². The molecule has 0 spiro atoms. The van der Waals surface area contributed by atoms with Crippen molar-refractivity contribution in [2.45, 2.75) is 6.92 Å². The number of ether oxygens (including phenoxy) is 3. The number of anilines is 1. The Balaban J connectivity index is 1.74. The first-order chi connectivity index (χ1) is 12.7. The van der Waals surface area contributed by atoms with Crippen LogP contribution in [0.1, 0.15) is 12.5 Å². The van der Waals surface area contributed by atoms with Gasteiger partial charge in [0.2, 0.25) is 0 Å². The second kappa shape index (κ2) is 9.05. The molecule has 1 aliphatic rings. The summed E-state index contributed by atoms with van der Waals surface area (Å²) in [7, 11) is 1.64. The van der Waals surface area contributed by atoms with Gasteiger partial charge in [-0.25, -0.2) is 0 Å². The van der Waals surface area contributed by atoms with E-state index in [0.29, 0.717) is 18.1 Å². The van der Waals surface area contributed by atoms with E-state index < -0.39 is 0 Å². The fourth-order valence-electron chi connectivity index (χ4n) is 2.79. The summed E-state index contributed by atoms with van der Waals surface area (Å²) in [6.07, 6.45) is 1.83. The van der Waals surface area contributed by atoms with Gasteiger partial charge >= 0.3 is 0 Å². The SMILES string of the molecule is CCOc1cc(Br)c(C=Nc2ccc(N3CCOCC3)cc2)cc1OC. The lowest BCUT2D eigenvalue weighted by atomic mass is 10.2. The van der Waals surface area contributed by atoms with Crippen LogP contribution in [0.2, 0.25) is 0 Å². The summed E-state index contributed by atoms with van der Waals surface area (Å²) >= 11 is 3.57. The summed E-state index contributed by atoms with van der Waals surface area (Å²) in [5, 5.41) is 0. The molecule has 6 heteroatoms. The monoisotopic (exact) mass is 418 g/mol. The van der Waals surface area contributed by atoms with E-state index in [1.165, 1.54) is 5.69 Å². The summed E-state index contributed by atoms with van der Waals surface area (Å²) in [5.74, 6) is 1.41. The highest BCUT2D eigenvalue weighted by Crippen LogP contribution is 2.33. The van der Waals surface area contributed by atoms with Gasteiger partial charge in [-0.3, -0.25) is 4.99 Å². The van der Waals surface area contributed by atoms with Crippen LogP contribution >= 0.6 is 15.9 Å². The molecule has 0 bridgehead atoms. The Hall–Kier alpha value is -2.05. The van der Waals surface area contributed by atoms with E-state index in [1.807, 2.05) is 37.4 Å². The molecule has 0 amide bonds. The number of aliphatic imine (C=N–C) groups is 1. The predicted molar refractivity (Wildman–Crippen MR) is 109 cm³/mol. The third-order valence-corrected chi connectivity index (χ3v) is 4.85. The van der Waals surface area contributed by atoms with E-state index in [9.17, 15) is 0 Å². The zero-order valence-electron chi connectivity index (χ0n) is 15.1. The zero-order valence-corrected chi connectivity index (χ0v) is 16.7. The molecule has 1 heterocycles. The first kappa shape index (κ1) is 18.7. The lowest BCUT2D eigenvalue weighted by Gasteiger charge is -2.28. The van der Waals surface area contributed by atoms with Crippen molar-refractivity contribution in [1.29, 1.82) is 0 Å². The van der Waals surface area contributed by atoms with Gasteiger partial charge in [0.25, 0.3) is 0 Å². The van der Waals surface area contributed by atoms with Gasteiger partial charge in [0.15, 0.2) is 11.5 Å². The van der Waals surface area contributed by atoms with E-state index in [-0.39, 0.29) is 0 Å². The average Bonchev–Trinajstić information content (AvgIpc) is 2.69. The average molecular weight is 419 g/mol. The van der Waals surface area contributed by atoms with Gasteiger partial charge in [-0.15, -0.1) is 0 Å². The molecule has 0 aromatic heterocycles. The lowest BCUT2D eigenvalue weighted by Crippen LogP contribution is -2.36. The van der Waals surface area contributed by atoms with Gasteiger partial charge in [-0.1, -0.05) is 0 Å². The van der Waals surface area contributed by atoms with E-state index in [4.69, 9.17) is 14.2 Å². The minimum absolute atomic E-state index is 0.589. The fraction of sp³-hybridized carbons (Fsp3) is 0.350. The molecule has 138 valence electrons. The van der Waals surface area contributed by atoms with Crippen LogP contribution in [0.25, 0.3) is 0 Å². The minimum Gasteiger partial charge on any atom is -0.493 e. The number of rotatable bonds is 6. The highest BCUT2D eigenvalue weighted by Gasteiger charge is 2.11. The highest BCUT2D eigenvalue weighted by atomic mass is 79.9. The molecule has 1 aliphatic heterocycles. The molecule has 2 aromatic rings. The Morgan fingerprint density at radius 2 is 1.88 bits per heavy atom. The largest absolute Gasteiger partial charge is 0.493 e. The Bertz CT molecular complexity index is 756. The molecule has 1 fully saturated rings. The first-order valence-electron chi connectivity index (χ1n) is 8.68. The topological polar surface area (TPSA) is 43.3 Å². The summed E-state index contributed by atoms with van der Waals surface area (Å²) in [6, 6.07) is 12.1. The molecule has 0 atom stereocenters. The van der Waals surface area contributed by atoms with Crippen LogP contribution in [0.5, 0.6) is 11.5 Å². The van der Waals surface area contributed by atoms with E-state index in [0.717, 1.165) is 42.0 Å². The normalized spacial score (nSPS) is 14.7. The predicted octanol–water partition coefficient (Wildman–Crippen LogP) is 4.44. The maximum atomic E-state index is 5.58. The Labute approximate surface area is 162 Å². The van der Waals surface area contributed by atoms with Crippen LogP contribution < -0.4 is 14.4 Å². The Morgan fingerprint density at radius 3 is 2.54 bits per heavy atom. The molecule has 5 nitrogen and oxygen atoms in total. The standard InChI is InChI=1S/C20H23BrN2O3/c1-3-26-20-13-18(21)15(12-19(20)24-2)14-22-16-4-6-17(7-5-16)23-8-10-25-11-9-23/h4-7,12-14H,3,8-11H2,1-2H3. The maximum Gasteiger partial charge on any atom is 0.162 e. The fourth-order valence-corrected chi connectivity index (χ4v) is 3.22. The molecule has 0 N–H and O–H groups in total. The van der Waals surface area contributed by atoms with Gasteiger partial charge in [-0.2, -0.15) is 0 Å². The molecule has 1 saturated heterocycles. The van der Waals surface area contributed by atoms with Crippen molar-refractivity contribution >= 4 is 33.5 Å². The van der Waals surface area contributed by atoms with Crippen LogP contribution in [-0.4, -0.2) is 46.2 Å². The van der Waals surface area contributed by atoms with Crippen molar-refractivity contribution in [2.75, 3.05) is 44.9 Å². The lowest BCUT2D eigenvalue weighted by molar-refractivity contribution is 0.122. The quantitative estimate of drug-likeness (QED) is 0.650. The maximum absolute atomic E-state index is 5.58. The van der Waals surface area contributed by atoms with Crippen molar-refractivity contribution in [3.05, 3.63) is 46.4 Å². The summed E-state index contributed by atoms with van der Waals surface area (Å²) in [5.41, 5.74) is 3.04. The van der Waals surface area contributed by atoms with Crippen molar-refractivity contribution in [2.24, 2.45) is 4.99 Å². The highest BCUT2D eigenvalue weighted by molar-refractivity contribution is 9.10. The third-order valence-electron chi connectivity index (χ3n) is 4.16. The number of nitrogens with zero attached hydrogens (tertiary/aromatic N) is 2. The van der Waals surface area contributed by atoms with E-state index >= 15 is 0 Å². The molecule has 26 heavy (non-hydrogen) atoms. The number of hydrogen-bond donors (Lipinski definition) is 0. The van der Waals surface area contributed by atoms with Gasteiger partial charge in [0.05, 0.1) is 32.6 Å². The molecule has 0 aliphatic carbocycles. The molecular formula is C20H23BrN2O3. The molecule has 0 saturated carbocycles. The van der Waals surface area contributed by atoms with E-state index in [1.54, 1.807) is 7.11 Å². The summed E-state index contributed by atoms with van der Waals surface area (Å²) < 4.78 is 17.3. The van der Waals surface area contributed by atoms with Crippen LogP contribution in [0.3, 0.4) is 0 Å². The second-order valence-corrected chi connectivity index (χ2v) is 6.69. The van der Waals surface area contributed by atoms with Crippen LogP contribution in [-0.2, 0) is 4.74 Å². The number of morpholine rings is 1. The van der Waals surface area contributed by atoms with Crippen LogP contribution in [0, 0.1) is 0 Å². The molecule has 3 rings (SSSR count). The molecular weight excluding hydrogens is 396 g/mol.